The maximum absolute atomic E-state index is 13.1. The Bertz CT molecular complexity index is 1080. The first-order valence-corrected chi connectivity index (χ1v) is 14.7. The van der Waals surface area contributed by atoms with Gasteiger partial charge < -0.3 is 26.4 Å². The summed E-state index contributed by atoms with van der Waals surface area (Å²) < 4.78 is 5.66. The molecule has 0 saturated carbocycles. The zero-order valence-corrected chi connectivity index (χ0v) is 24.9. The van der Waals surface area contributed by atoms with Crippen molar-refractivity contribution in [2.45, 2.75) is 84.7 Å². The van der Waals surface area contributed by atoms with Crippen LogP contribution in [0.15, 0.2) is 17.5 Å². The first-order chi connectivity index (χ1) is 18.2. The number of ether oxygens (including phenoxy) is 1. The Labute approximate surface area is 237 Å². The molecule has 0 radical (unpaired) electrons. The summed E-state index contributed by atoms with van der Waals surface area (Å²) in [6.07, 6.45) is 2.80. The molecule has 0 aliphatic carbocycles. The van der Waals surface area contributed by atoms with Gasteiger partial charge in [0.25, 0.3) is 5.91 Å². The van der Waals surface area contributed by atoms with Crippen molar-refractivity contribution in [3.63, 3.8) is 0 Å². The lowest BCUT2D eigenvalue weighted by Crippen LogP contribution is -2.59. The molecule has 1 aliphatic rings. The zero-order chi connectivity index (χ0) is 29.3. The molecule has 3 atom stereocenters. The Morgan fingerprint density at radius 3 is 2.59 bits per heavy atom. The smallest absolute Gasteiger partial charge is 0.329 e. The Kier molecular flexibility index (Phi) is 12.1. The van der Waals surface area contributed by atoms with Gasteiger partial charge in [0, 0.05) is 11.1 Å². The minimum atomic E-state index is -1.34. The summed E-state index contributed by atoms with van der Waals surface area (Å²) in [5.74, 6) is -2.01. The molecule has 13 heteroatoms. The van der Waals surface area contributed by atoms with E-state index in [9.17, 15) is 24.0 Å². The Morgan fingerprint density at radius 1 is 1.26 bits per heavy atom. The molecule has 5 N–H and O–H groups in total. The Morgan fingerprint density at radius 2 is 1.95 bits per heavy atom. The van der Waals surface area contributed by atoms with Crippen molar-refractivity contribution in [1.29, 1.82) is 0 Å². The molecular formula is C26H39N5O6S2. The Hall–Kier alpha value is -2.77. The molecule has 1 aromatic heterocycles. The summed E-state index contributed by atoms with van der Waals surface area (Å²) in [5.41, 5.74) is 4.67. The SMILES string of the molecule is CC(C)C(N)C(=O)SCCC=CC1CC(=O)NCc2nc(cs2)C(=O)NC(C)(C)C(=O)NC(C(C)C)C(=O)O1. The number of carbonyl (C=O) groups is 5. The number of thioether (sulfide) groups is 1. The number of thiazole rings is 1. The summed E-state index contributed by atoms with van der Waals surface area (Å²) in [7, 11) is 0. The number of nitrogens with two attached hydrogens (primary N) is 1. The normalized spacial score (nSPS) is 21.9. The number of hydrogen-bond donors (Lipinski definition) is 4. The number of fused-ring (bicyclic) bond motifs is 2. The molecule has 1 aromatic rings. The second-order valence-electron chi connectivity index (χ2n) is 10.5. The monoisotopic (exact) mass is 581 g/mol. The lowest BCUT2D eigenvalue weighted by Gasteiger charge is -2.29. The van der Waals surface area contributed by atoms with Crippen LogP contribution in [-0.2, 0) is 30.5 Å². The van der Waals surface area contributed by atoms with E-state index >= 15 is 0 Å². The molecule has 2 heterocycles. The fraction of sp³-hybridized carbons (Fsp3) is 0.615. The zero-order valence-electron chi connectivity index (χ0n) is 23.2. The average molecular weight is 582 g/mol. The van der Waals surface area contributed by atoms with Gasteiger partial charge >= 0.3 is 5.97 Å². The van der Waals surface area contributed by atoms with E-state index in [2.05, 4.69) is 20.9 Å². The molecule has 0 saturated heterocycles. The van der Waals surface area contributed by atoms with Gasteiger partial charge in [-0.15, -0.1) is 11.3 Å². The number of carbonyl (C=O) groups excluding carboxylic acids is 5. The highest BCUT2D eigenvalue weighted by Crippen LogP contribution is 2.16. The molecule has 11 nitrogen and oxygen atoms in total. The van der Waals surface area contributed by atoms with Crippen LogP contribution in [-0.4, -0.2) is 63.3 Å². The second-order valence-corrected chi connectivity index (χ2v) is 12.6. The lowest BCUT2D eigenvalue weighted by atomic mass is 9.99. The van der Waals surface area contributed by atoms with Crippen LogP contribution in [0.2, 0.25) is 0 Å². The van der Waals surface area contributed by atoms with E-state index in [0.717, 1.165) is 11.8 Å². The average Bonchev–Trinajstić information content (AvgIpc) is 3.33. The van der Waals surface area contributed by atoms with Crippen molar-refractivity contribution in [2.75, 3.05) is 5.75 Å². The quantitative estimate of drug-likeness (QED) is 0.213. The number of allylic oxidation sites excluding steroid dienone is 1. The number of rotatable bonds is 7. The van der Waals surface area contributed by atoms with Crippen molar-refractivity contribution in [1.82, 2.24) is 20.9 Å². The minimum absolute atomic E-state index is 0.0454. The largest absolute Gasteiger partial charge is 0.456 e. The van der Waals surface area contributed by atoms with E-state index in [1.165, 1.54) is 25.2 Å². The summed E-state index contributed by atoms with van der Waals surface area (Å²) in [4.78, 5) is 67.9. The number of hydrogen-bond acceptors (Lipinski definition) is 10. The molecule has 3 unspecified atom stereocenters. The van der Waals surface area contributed by atoms with Gasteiger partial charge in [-0.3, -0.25) is 19.2 Å². The van der Waals surface area contributed by atoms with Gasteiger partial charge in [0.15, 0.2) is 0 Å². The number of nitrogens with zero attached hydrogens (tertiary/aromatic N) is 1. The van der Waals surface area contributed by atoms with Crippen LogP contribution in [0.1, 0.15) is 69.9 Å². The molecule has 3 amide bonds. The van der Waals surface area contributed by atoms with E-state index in [1.807, 2.05) is 13.8 Å². The van der Waals surface area contributed by atoms with Crippen LogP contribution in [0.4, 0.5) is 0 Å². The van der Waals surface area contributed by atoms with Gasteiger partial charge in [-0.25, -0.2) is 9.78 Å². The van der Waals surface area contributed by atoms with Crippen LogP contribution in [0, 0.1) is 11.8 Å². The van der Waals surface area contributed by atoms with Crippen molar-refractivity contribution in [3.05, 3.63) is 28.2 Å². The Balaban J connectivity index is 2.22. The van der Waals surface area contributed by atoms with Gasteiger partial charge in [0.2, 0.25) is 16.9 Å². The number of aromatic nitrogens is 1. The van der Waals surface area contributed by atoms with E-state index in [-0.39, 0.29) is 41.5 Å². The van der Waals surface area contributed by atoms with Gasteiger partial charge in [-0.2, -0.15) is 0 Å². The molecule has 216 valence electrons. The highest BCUT2D eigenvalue weighted by molar-refractivity contribution is 8.13. The molecule has 0 aromatic carbocycles. The van der Waals surface area contributed by atoms with Crippen LogP contribution in [0.25, 0.3) is 0 Å². The molecule has 0 fully saturated rings. The number of nitrogens with one attached hydrogen (secondary N) is 3. The third-order valence-electron chi connectivity index (χ3n) is 5.95. The fourth-order valence-electron chi connectivity index (χ4n) is 3.36. The third-order valence-corrected chi connectivity index (χ3v) is 7.79. The summed E-state index contributed by atoms with van der Waals surface area (Å²) >= 11 is 2.34. The van der Waals surface area contributed by atoms with Crippen LogP contribution in [0.3, 0.4) is 0 Å². The fourth-order valence-corrected chi connectivity index (χ4v) is 5.00. The van der Waals surface area contributed by atoms with Gasteiger partial charge in [0.1, 0.15) is 28.4 Å². The third kappa shape index (κ3) is 10.0. The lowest BCUT2D eigenvalue weighted by molar-refractivity contribution is -0.153. The van der Waals surface area contributed by atoms with Crippen LogP contribution >= 0.6 is 23.1 Å². The molecular weight excluding hydrogens is 542 g/mol. The highest BCUT2D eigenvalue weighted by atomic mass is 32.2. The molecule has 2 rings (SSSR count). The molecule has 39 heavy (non-hydrogen) atoms. The van der Waals surface area contributed by atoms with Crippen molar-refractivity contribution < 1.29 is 28.7 Å². The topological polar surface area (TPSA) is 170 Å². The highest BCUT2D eigenvalue weighted by Gasteiger charge is 2.36. The number of amides is 3. The van der Waals surface area contributed by atoms with Crippen molar-refractivity contribution >= 4 is 51.9 Å². The molecule has 2 bridgehead atoms. The van der Waals surface area contributed by atoms with Crippen molar-refractivity contribution in [2.24, 2.45) is 17.6 Å². The van der Waals surface area contributed by atoms with Gasteiger partial charge in [0.05, 0.1) is 19.0 Å². The summed E-state index contributed by atoms with van der Waals surface area (Å²) in [6, 6.07) is -1.55. The predicted octanol–water partition coefficient (Wildman–Crippen LogP) is 1.91. The maximum Gasteiger partial charge on any atom is 0.329 e. The van der Waals surface area contributed by atoms with E-state index < -0.39 is 41.5 Å². The minimum Gasteiger partial charge on any atom is -0.456 e. The first-order valence-electron chi connectivity index (χ1n) is 12.8. The standard InChI is InChI=1S/C26H39N5O6S2/c1-14(2)20(27)24(35)38-10-8-7-9-16-11-18(32)28-12-19-29-17(13-39-19)22(33)31-26(5,6)25(36)30-21(15(3)4)23(34)37-16/h7,9,13-16,20-21H,8,10-12,27H2,1-6H3,(H,28,32)(H,30,36)(H,31,33). The maximum atomic E-state index is 13.1. The van der Waals surface area contributed by atoms with E-state index in [0.29, 0.717) is 17.2 Å². The summed E-state index contributed by atoms with van der Waals surface area (Å²) in [6.45, 7) is 10.4. The second kappa shape index (κ2) is 14.6. The van der Waals surface area contributed by atoms with E-state index in [4.69, 9.17) is 10.5 Å². The van der Waals surface area contributed by atoms with Gasteiger partial charge in [-0.1, -0.05) is 45.5 Å². The van der Waals surface area contributed by atoms with Crippen LogP contribution < -0.4 is 21.7 Å². The first kappa shape index (κ1) is 32.4. The van der Waals surface area contributed by atoms with Crippen LogP contribution in [0.5, 0.6) is 0 Å². The van der Waals surface area contributed by atoms with E-state index in [1.54, 1.807) is 31.4 Å². The van der Waals surface area contributed by atoms with Gasteiger partial charge in [-0.05, 0) is 38.2 Å². The van der Waals surface area contributed by atoms with Crippen molar-refractivity contribution in [3.8, 4) is 0 Å². The number of cyclic esters (lactones) is 1. The molecule has 1 aliphatic heterocycles. The predicted molar refractivity (Wildman–Crippen MR) is 151 cm³/mol. The molecule has 0 spiro atoms. The summed E-state index contributed by atoms with van der Waals surface area (Å²) in [5, 5.41) is 10.0. The number of esters is 1.